The van der Waals surface area contributed by atoms with Gasteiger partial charge in [-0.1, -0.05) is 41.4 Å². The fourth-order valence-corrected chi connectivity index (χ4v) is 5.95. The van der Waals surface area contributed by atoms with Crippen molar-refractivity contribution in [2.24, 2.45) is 0 Å². The Morgan fingerprint density at radius 3 is 2.81 bits per heavy atom. The third-order valence-corrected chi connectivity index (χ3v) is 7.11. The van der Waals surface area contributed by atoms with Gasteiger partial charge in [0.05, 0.1) is 13.2 Å². The van der Waals surface area contributed by atoms with Crippen LogP contribution in [-0.2, 0) is 19.9 Å². The molecule has 3 aliphatic heterocycles. The number of amides is 1. The molecule has 0 radical (unpaired) electrons. The molecule has 1 spiro atoms. The number of ether oxygens (including phenoxy) is 1. The number of nitrogens with one attached hydrogen (secondary N) is 2. The largest absolute Gasteiger partial charge is 0.465 e. The molecule has 31 heavy (non-hydrogen) atoms. The van der Waals surface area contributed by atoms with Crippen molar-refractivity contribution >= 4 is 40.8 Å². The van der Waals surface area contributed by atoms with Gasteiger partial charge in [-0.2, -0.15) is 0 Å². The molecule has 2 N–H and O–H groups in total. The maximum atomic E-state index is 13.5. The van der Waals surface area contributed by atoms with Crippen LogP contribution in [0.3, 0.4) is 0 Å². The Hall–Kier alpha value is -2.12. The Morgan fingerprint density at radius 1 is 1.23 bits per heavy atom. The molecule has 5 rings (SSSR count). The Morgan fingerprint density at radius 2 is 2.03 bits per heavy atom. The summed E-state index contributed by atoms with van der Waals surface area (Å²) < 4.78 is 5.20. The van der Waals surface area contributed by atoms with E-state index in [1.165, 1.54) is 0 Å². The zero-order valence-corrected chi connectivity index (χ0v) is 18.5. The first kappa shape index (κ1) is 20.8. The van der Waals surface area contributed by atoms with Crippen LogP contribution in [0.5, 0.6) is 0 Å². The van der Waals surface area contributed by atoms with E-state index >= 15 is 0 Å². The fourth-order valence-electron chi connectivity index (χ4n) is 5.58. The van der Waals surface area contributed by atoms with Gasteiger partial charge >= 0.3 is 5.97 Å². The van der Waals surface area contributed by atoms with Crippen LogP contribution in [0.2, 0.25) is 10.0 Å². The molecule has 2 fully saturated rings. The van der Waals surface area contributed by atoms with Crippen molar-refractivity contribution in [2.75, 3.05) is 25.0 Å². The summed E-state index contributed by atoms with van der Waals surface area (Å²) in [5.74, 6) is -0.604. The smallest absolute Gasteiger partial charge is 0.320 e. The highest BCUT2D eigenvalue weighted by Gasteiger charge is 2.64. The average Bonchev–Trinajstić information content (AvgIpc) is 3.34. The zero-order chi connectivity index (χ0) is 21.8. The lowest BCUT2D eigenvalue weighted by Crippen LogP contribution is -2.50. The van der Waals surface area contributed by atoms with Crippen LogP contribution in [0.4, 0.5) is 5.69 Å². The summed E-state index contributed by atoms with van der Waals surface area (Å²) in [4.78, 5) is 28.0. The lowest BCUT2D eigenvalue weighted by Gasteiger charge is -2.35. The first-order valence-corrected chi connectivity index (χ1v) is 11.2. The van der Waals surface area contributed by atoms with Crippen LogP contribution in [0.25, 0.3) is 0 Å². The molecule has 0 aliphatic carbocycles. The lowest BCUT2D eigenvalue weighted by atomic mass is 9.74. The zero-order valence-electron chi connectivity index (χ0n) is 17.0. The molecule has 3 aliphatic rings. The summed E-state index contributed by atoms with van der Waals surface area (Å²) >= 11 is 12.6. The molecule has 162 valence electrons. The van der Waals surface area contributed by atoms with Gasteiger partial charge in [0.15, 0.2) is 0 Å². The molecule has 2 aromatic carbocycles. The van der Waals surface area contributed by atoms with Gasteiger partial charge in [-0.15, -0.1) is 0 Å². The Balaban J connectivity index is 1.64. The molecule has 8 heteroatoms. The number of rotatable bonds is 4. The van der Waals surface area contributed by atoms with Crippen molar-refractivity contribution in [2.45, 2.75) is 36.9 Å². The minimum atomic E-state index is -0.965. The maximum absolute atomic E-state index is 13.5. The van der Waals surface area contributed by atoms with Crippen molar-refractivity contribution in [3.8, 4) is 0 Å². The highest BCUT2D eigenvalue weighted by molar-refractivity contribution is 6.31. The molecular formula is C23H23Cl2N3O3. The van der Waals surface area contributed by atoms with Crippen LogP contribution in [-0.4, -0.2) is 48.6 Å². The number of benzene rings is 2. The summed E-state index contributed by atoms with van der Waals surface area (Å²) in [5, 5.41) is 7.87. The second-order valence-electron chi connectivity index (χ2n) is 8.29. The minimum Gasteiger partial charge on any atom is -0.465 e. The number of esters is 1. The summed E-state index contributed by atoms with van der Waals surface area (Å²) in [6, 6.07) is 13.1. The van der Waals surface area contributed by atoms with E-state index in [1.54, 1.807) is 13.0 Å². The number of anilines is 1. The van der Waals surface area contributed by atoms with Crippen LogP contribution >= 0.6 is 23.2 Å². The average molecular weight is 460 g/mol. The molecule has 6 nitrogen and oxygen atoms in total. The fraction of sp³-hybridized carbons (Fsp3) is 0.391. The predicted molar refractivity (Wildman–Crippen MR) is 119 cm³/mol. The monoisotopic (exact) mass is 459 g/mol. The lowest BCUT2D eigenvalue weighted by molar-refractivity contribution is -0.144. The van der Waals surface area contributed by atoms with Crippen LogP contribution in [0, 0.1) is 0 Å². The van der Waals surface area contributed by atoms with Gasteiger partial charge in [0.25, 0.3) is 0 Å². The van der Waals surface area contributed by atoms with Crippen LogP contribution in [0.15, 0.2) is 42.5 Å². The van der Waals surface area contributed by atoms with Crippen molar-refractivity contribution < 1.29 is 14.3 Å². The number of carbonyl (C=O) groups is 2. The van der Waals surface area contributed by atoms with E-state index in [-0.39, 0.29) is 36.4 Å². The number of likely N-dealkylation sites (tertiary alicyclic amines) is 1. The summed E-state index contributed by atoms with van der Waals surface area (Å²) in [6.07, 6.45) is 0.832. The summed E-state index contributed by atoms with van der Waals surface area (Å²) in [5.41, 5.74) is 1.58. The minimum absolute atomic E-state index is 0.0470. The Bertz CT molecular complexity index is 1060. The van der Waals surface area contributed by atoms with Gasteiger partial charge < -0.3 is 10.1 Å². The van der Waals surface area contributed by atoms with E-state index in [9.17, 15) is 9.59 Å². The number of nitrogens with zero attached hydrogens (tertiary/aromatic N) is 1. The van der Waals surface area contributed by atoms with Gasteiger partial charge in [-0.05, 0) is 43.2 Å². The van der Waals surface area contributed by atoms with Crippen molar-refractivity contribution in [3.05, 3.63) is 63.6 Å². The number of fused-ring (bicyclic) bond motifs is 3. The van der Waals surface area contributed by atoms with Crippen LogP contribution < -0.4 is 10.6 Å². The standard InChI is InChI=1S/C23H23Cl2N3O3/c1-2-31-19(29)12-28-9-8-17-21(28)20(13-4-3-5-14(24)10-13)23(27-17)16-7-6-15(25)11-18(16)26-22(23)30/h3-7,10-11,17,20-21,27H,2,8-9,12H2,1H3,(H,26,30). The number of halogens is 2. The van der Waals surface area contributed by atoms with E-state index < -0.39 is 5.54 Å². The number of carbonyl (C=O) groups excluding carboxylic acids is 2. The maximum Gasteiger partial charge on any atom is 0.320 e. The molecule has 2 aromatic rings. The molecule has 3 heterocycles. The molecule has 0 saturated carbocycles. The number of hydrogen-bond acceptors (Lipinski definition) is 5. The predicted octanol–water partition coefficient (Wildman–Crippen LogP) is 3.53. The Labute approximate surface area is 190 Å². The van der Waals surface area contributed by atoms with E-state index in [1.807, 2.05) is 36.4 Å². The first-order valence-electron chi connectivity index (χ1n) is 10.5. The second kappa shape index (κ2) is 7.78. The quantitative estimate of drug-likeness (QED) is 0.684. The van der Waals surface area contributed by atoms with Gasteiger partial charge in [-0.25, -0.2) is 0 Å². The normalized spacial score (nSPS) is 29.1. The third-order valence-electron chi connectivity index (χ3n) is 6.64. The SMILES string of the molecule is CCOC(=O)CN1CCC2NC3(C(=O)Nc4cc(Cl)ccc43)C(c3cccc(Cl)c3)C21. The summed E-state index contributed by atoms with van der Waals surface area (Å²) in [7, 11) is 0. The highest BCUT2D eigenvalue weighted by Crippen LogP contribution is 2.55. The van der Waals surface area contributed by atoms with E-state index in [0.717, 1.165) is 24.1 Å². The molecule has 0 aromatic heterocycles. The van der Waals surface area contributed by atoms with Crippen LogP contribution in [0.1, 0.15) is 30.4 Å². The molecule has 2 saturated heterocycles. The molecule has 1 amide bonds. The van der Waals surface area contributed by atoms with Gasteiger partial charge in [0, 0.05) is 45.8 Å². The highest BCUT2D eigenvalue weighted by atomic mass is 35.5. The third kappa shape index (κ3) is 3.24. The van der Waals surface area contributed by atoms with Crippen molar-refractivity contribution in [1.29, 1.82) is 0 Å². The number of hydrogen-bond donors (Lipinski definition) is 2. The molecule has 0 bridgehead atoms. The van der Waals surface area contributed by atoms with Gasteiger partial charge in [-0.3, -0.25) is 19.8 Å². The second-order valence-corrected chi connectivity index (χ2v) is 9.16. The van der Waals surface area contributed by atoms with Crippen molar-refractivity contribution in [1.82, 2.24) is 10.2 Å². The first-order chi connectivity index (χ1) is 14.9. The van der Waals surface area contributed by atoms with Crippen molar-refractivity contribution in [3.63, 3.8) is 0 Å². The van der Waals surface area contributed by atoms with E-state index in [0.29, 0.717) is 22.3 Å². The molecular weight excluding hydrogens is 437 g/mol. The van der Waals surface area contributed by atoms with Gasteiger partial charge in [0.1, 0.15) is 5.54 Å². The van der Waals surface area contributed by atoms with E-state index in [2.05, 4.69) is 15.5 Å². The van der Waals surface area contributed by atoms with E-state index in [4.69, 9.17) is 27.9 Å². The summed E-state index contributed by atoms with van der Waals surface area (Å²) in [6.45, 7) is 3.09. The molecule has 4 unspecified atom stereocenters. The Kier molecular flexibility index (Phi) is 5.21. The van der Waals surface area contributed by atoms with Gasteiger partial charge in [0.2, 0.25) is 5.91 Å². The topological polar surface area (TPSA) is 70.7 Å². The molecule has 4 atom stereocenters.